The monoisotopic (exact) mass is 414 g/mol. The first-order chi connectivity index (χ1) is 14.0. The van der Waals surface area contributed by atoms with Crippen LogP contribution in [0.3, 0.4) is 0 Å². The van der Waals surface area contributed by atoms with Crippen molar-refractivity contribution in [2.24, 2.45) is 0 Å². The van der Waals surface area contributed by atoms with Crippen molar-refractivity contribution in [3.05, 3.63) is 51.9 Å². The van der Waals surface area contributed by atoms with Gasteiger partial charge < -0.3 is 15.8 Å². The molecule has 9 heteroatoms. The Morgan fingerprint density at radius 3 is 2.83 bits per heavy atom. The Morgan fingerprint density at radius 2 is 2.00 bits per heavy atom. The lowest BCUT2D eigenvalue weighted by molar-refractivity contribution is -0.143. The Bertz CT molecular complexity index is 1100. The Balaban J connectivity index is 1.37. The van der Waals surface area contributed by atoms with E-state index in [4.69, 9.17) is 10.5 Å². The van der Waals surface area contributed by atoms with Crippen LogP contribution in [-0.4, -0.2) is 28.4 Å². The summed E-state index contributed by atoms with van der Waals surface area (Å²) in [7, 11) is 0. The van der Waals surface area contributed by atoms with Crippen LogP contribution in [0.25, 0.3) is 10.2 Å². The highest BCUT2D eigenvalue weighted by Gasteiger charge is 2.20. The topological polar surface area (TPSA) is 107 Å². The van der Waals surface area contributed by atoms with E-state index in [-0.39, 0.29) is 12.2 Å². The summed E-state index contributed by atoms with van der Waals surface area (Å²) in [5.74, 6) is -1.32. The third kappa shape index (κ3) is 4.04. The number of carbonyl (C=O) groups is 2. The number of hydrogen-bond acceptors (Lipinski definition) is 7. The highest BCUT2D eigenvalue weighted by atomic mass is 32.1. The highest BCUT2D eigenvalue weighted by molar-refractivity contribution is 7.19. The number of aromatic nitrogens is 2. The zero-order chi connectivity index (χ0) is 20.4. The van der Waals surface area contributed by atoms with Crippen LogP contribution in [0.15, 0.2) is 24.3 Å². The largest absolute Gasteiger partial charge is 0.456 e. The molecular formula is C20H19FN4O3S. The standard InChI is InChI=1S/C20H19FN4O3S/c21-13-7-3-1-5-11(13)19(27)23-9-16(26)28-10-15-24-18(22)17-12-6-2-4-8-14(12)29-20(17)25-15/h1,3,5,7H,2,4,6,8-10H2,(H,23,27)(H2,22,24,25). The van der Waals surface area contributed by atoms with Crippen LogP contribution in [0.5, 0.6) is 0 Å². The Labute approximate surface area is 170 Å². The second kappa shape index (κ2) is 8.12. The van der Waals surface area contributed by atoms with Gasteiger partial charge in [0.1, 0.15) is 23.0 Å². The minimum Gasteiger partial charge on any atom is -0.456 e. The van der Waals surface area contributed by atoms with Gasteiger partial charge in [-0.05, 0) is 43.4 Å². The van der Waals surface area contributed by atoms with Crippen molar-refractivity contribution in [3.8, 4) is 0 Å². The fourth-order valence-corrected chi connectivity index (χ4v) is 4.67. The first-order valence-corrected chi connectivity index (χ1v) is 10.1. The van der Waals surface area contributed by atoms with Crippen LogP contribution < -0.4 is 11.1 Å². The minimum absolute atomic E-state index is 0.136. The number of thiophene rings is 1. The molecule has 0 bridgehead atoms. The normalized spacial score (nSPS) is 13.1. The maximum atomic E-state index is 13.6. The summed E-state index contributed by atoms with van der Waals surface area (Å²) in [6.45, 7) is -0.546. The quantitative estimate of drug-likeness (QED) is 0.622. The molecule has 0 aliphatic heterocycles. The first kappa shape index (κ1) is 19.3. The van der Waals surface area contributed by atoms with E-state index >= 15 is 0 Å². The number of halogens is 1. The van der Waals surface area contributed by atoms with Gasteiger partial charge >= 0.3 is 5.97 Å². The second-order valence-corrected chi connectivity index (χ2v) is 7.82. The molecule has 0 saturated heterocycles. The molecule has 0 unspecified atom stereocenters. The van der Waals surface area contributed by atoms with E-state index in [0.717, 1.165) is 35.9 Å². The predicted octanol–water partition coefficient (Wildman–Crippen LogP) is 2.76. The molecule has 3 aromatic rings. The zero-order valence-electron chi connectivity index (χ0n) is 15.5. The maximum Gasteiger partial charge on any atom is 0.325 e. The predicted molar refractivity (Wildman–Crippen MR) is 107 cm³/mol. The molecule has 0 atom stereocenters. The van der Waals surface area contributed by atoms with Gasteiger partial charge in [0.2, 0.25) is 0 Å². The third-order valence-electron chi connectivity index (χ3n) is 4.76. The molecule has 0 fully saturated rings. The molecule has 29 heavy (non-hydrogen) atoms. The number of hydrogen-bond donors (Lipinski definition) is 2. The number of nitrogen functional groups attached to an aromatic ring is 1. The number of fused-ring (bicyclic) bond motifs is 3. The molecule has 0 saturated carbocycles. The molecular weight excluding hydrogens is 395 g/mol. The van der Waals surface area contributed by atoms with Crippen LogP contribution in [0, 0.1) is 5.82 Å². The lowest BCUT2D eigenvalue weighted by atomic mass is 9.97. The van der Waals surface area contributed by atoms with Gasteiger partial charge in [0.05, 0.1) is 10.9 Å². The molecule has 1 amide bonds. The van der Waals surface area contributed by atoms with Crippen LogP contribution in [0.1, 0.15) is 39.5 Å². The number of ether oxygens (including phenoxy) is 1. The van der Waals surface area contributed by atoms with Crippen molar-refractivity contribution >= 4 is 39.2 Å². The summed E-state index contributed by atoms with van der Waals surface area (Å²) in [6.07, 6.45) is 4.31. The van der Waals surface area contributed by atoms with Crippen molar-refractivity contribution in [2.45, 2.75) is 32.3 Å². The average Bonchev–Trinajstić information content (AvgIpc) is 3.09. The van der Waals surface area contributed by atoms with E-state index in [1.165, 1.54) is 34.7 Å². The van der Waals surface area contributed by atoms with Gasteiger partial charge in [-0.3, -0.25) is 9.59 Å². The molecule has 7 nitrogen and oxygen atoms in total. The van der Waals surface area contributed by atoms with Crippen LogP contribution in [-0.2, 0) is 29.0 Å². The maximum absolute atomic E-state index is 13.6. The molecule has 1 aliphatic carbocycles. The fourth-order valence-electron chi connectivity index (χ4n) is 3.39. The lowest BCUT2D eigenvalue weighted by Crippen LogP contribution is -2.31. The fraction of sp³-hybridized carbons (Fsp3) is 0.300. The van der Waals surface area contributed by atoms with E-state index in [0.29, 0.717) is 11.6 Å². The molecule has 3 N–H and O–H groups in total. The van der Waals surface area contributed by atoms with Crippen molar-refractivity contribution in [3.63, 3.8) is 0 Å². The molecule has 2 aromatic heterocycles. The van der Waals surface area contributed by atoms with Gasteiger partial charge in [-0.25, -0.2) is 14.4 Å². The zero-order valence-corrected chi connectivity index (χ0v) is 16.4. The summed E-state index contributed by atoms with van der Waals surface area (Å²) >= 11 is 1.61. The van der Waals surface area contributed by atoms with Gasteiger partial charge in [0, 0.05) is 4.88 Å². The van der Waals surface area contributed by atoms with E-state index in [9.17, 15) is 14.0 Å². The number of nitrogens with two attached hydrogens (primary N) is 1. The number of esters is 1. The Morgan fingerprint density at radius 1 is 1.21 bits per heavy atom. The smallest absolute Gasteiger partial charge is 0.325 e. The molecule has 2 heterocycles. The van der Waals surface area contributed by atoms with Gasteiger partial charge in [-0.15, -0.1) is 11.3 Å². The number of benzene rings is 1. The van der Waals surface area contributed by atoms with Crippen molar-refractivity contribution in [1.82, 2.24) is 15.3 Å². The number of carbonyl (C=O) groups excluding carboxylic acids is 2. The summed E-state index contributed by atoms with van der Waals surface area (Å²) in [6, 6.07) is 5.53. The summed E-state index contributed by atoms with van der Waals surface area (Å²) in [5.41, 5.74) is 7.24. The SMILES string of the molecule is Nc1nc(COC(=O)CNC(=O)c2ccccc2F)nc2sc3c(c12)CCCC3. The minimum atomic E-state index is -0.689. The van der Waals surface area contributed by atoms with Gasteiger partial charge in [-0.2, -0.15) is 0 Å². The van der Waals surface area contributed by atoms with Crippen LogP contribution >= 0.6 is 11.3 Å². The summed E-state index contributed by atoms with van der Waals surface area (Å²) in [4.78, 5) is 34.7. The van der Waals surface area contributed by atoms with Gasteiger partial charge in [0.15, 0.2) is 12.4 Å². The summed E-state index contributed by atoms with van der Waals surface area (Å²) < 4.78 is 18.7. The van der Waals surface area contributed by atoms with Crippen LogP contribution in [0.2, 0.25) is 0 Å². The molecule has 4 rings (SSSR count). The van der Waals surface area contributed by atoms with Crippen LogP contribution in [0.4, 0.5) is 10.2 Å². The van der Waals surface area contributed by atoms with E-state index < -0.39 is 24.2 Å². The van der Waals surface area contributed by atoms with Gasteiger partial charge in [-0.1, -0.05) is 12.1 Å². The Hall–Kier alpha value is -3.07. The Kier molecular flexibility index (Phi) is 5.39. The van der Waals surface area contributed by atoms with Crippen molar-refractivity contribution in [2.75, 3.05) is 12.3 Å². The third-order valence-corrected chi connectivity index (χ3v) is 5.95. The van der Waals surface area contributed by atoms with Crippen molar-refractivity contribution in [1.29, 1.82) is 0 Å². The van der Waals surface area contributed by atoms with E-state index in [2.05, 4.69) is 15.3 Å². The number of aryl methyl sites for hydroxylation is 2. The number of nitrogens with zero attached hydrogens (tertiary/aromatic N) is 2. The number of anilines is 1. The summed E-state index contributed by atoms with van der Waals surface area (Å²) in [5, 5.41) is 3.25. The molecule has 1 aromatic carbocycles. The highest BCUT2D eigenvalue weighted by Crippen LogP contribution is 2.37. The van der Waals surface area contributed by atoms with E-state index in [1.54, 1.807) is 11.3 Å². The lowest BCUT2D eigenvalue weighted by Gasteiger charge is -2.11. The molecule has 0 spiro atoms. The second-order valence-electron chi connectivity index (χ2n) is 6.74. The molecule has 150 valence electrons. The van der Waals surface area contributed by atoms with Crippen molar-refractivity contribution < 1.29 is 18.7 Å². The first-order valence-electron chi connectivity index (χ1n) is 9.28. The number of rotatable bonds is 5. The van der Waals surface area contributed by atoms with E-state index in [1.807, 2.05) is 0 Å². The van der Waals surface area contributed by atoms with Gasteiger partial charge in [0.25, 0.3) is 5.91 Å². The number of amides is 1. The number of nitrogens with one attached hydrogen (secondary N) is 1. The average molecular weight is 414 g/mol. The molecule has 1 aliphatic rings. The molecule has 0 radical (unpaired) electrons.